The Morgan fingerprint density at radius 1 is 0.711 bits per heavy atom. The summed E-state index contributed by atoms with van der Waals surface area (Å²) < 4.78 is 0. The van der Waals surface area contributed by atoms with Crippen molar-refractivity contribution < 1.29 is 15.1 Å². The molecule has 6 rings (SSSR count). The minimum Gasteiger partial charge on any atom is -0.508 e. The first-order chi connectivity index (χ1) is 21.7. The number of phenols is 1. The number of benzene rings is 5. The second-order valence-electron chi connectivity index (χ2n) is 11.8. The predicted molar refractivity (Wildman–Crippen MR) is 181 cm³/mol. The number of hydrogen-bond acceptors (Lipinski definition) is 5. The van der Waals surface area contributed by atoms with Gasteiger partial charge >= 0.3 is 0 Å². The Bertz CT molecular complexity index is 1900. The van der Waals surface area contributed by atoms with E-state index in [4.69, 9.17) is 0 Å². The number of anilines is 1. The highest BCUT2D eigenvalue weighted by Gasteiger charge is 2.57. The first kappa shape index (κ1) is 29.6. The second kappa shape index (κ2) is 11.9. The lowest BCUT2D eigenvalue weighted by atomic mass is 9.74. The van der Waals surface area contributed by atoms with E-state index in [0.29, 0.717) is 11.1 Å². The summed E-state index contributed by atoms with van der Waals surface area (Å²) in [6.45, 7) is 4.07. The molecule has 0 saturated carbocycles. The average molecular weight is 595 g/mol. The fourth-order valence-corrected chi connectivity index (χ4v) is 6.13. The topological polar surface area (TPSA) is 86.8 Å². The molecule has 0 radical (unpaired) electrons. The van der Waals surface area contributed by atoms with Gasteiger partial charge in [-0.2, -0.15) is 0 Å². The number of nitro benzene ring substituents is 1. The summed E-state index contributed by atoms with van der Waals surface area (Å²) in [5.74, 6) is -0.0663. The van der Waals surface area contributed by atoms with Gasteiger partial charge in [0.2, 0.25) is 0 Å². The van der Waals surface area contributed by atoms with Gasteiger partial charge in [0.15, 0.2) is 5.72 Å². The monoisotopic (exact) mass is 594 g/mol. The summed E-state index contributed by atoms with van der Waals surface area (Å²) >= 11 is 0. The minimum absolute atomic E-state index is 0.0651. The zero-order valence-corrected chi connectivity index (χ0v) is 25.2. The van der Waals surface area contributed by atoms with E-state index in [9.17, 15) is 20.3 Å². The quantitative estimate of drug-likeness (QED) is 0.107. The van der Waals surface area contributed by atoms with E-state index in [0.717, 1.165) is 33.5 Å². The molecule has 0 fully saturated rings. The molecule has 1 heterocycles. The lowest BCUT2D eigenvalue weighted by Gasteiger charge is -2.44. The van der Waals surface area contributed by atoms with E-state index >= 15 is 0 Å². The van der Waals surface area contributed by atoms with Crippen LogP contribution in [0.25, 0.3) is 24.3 Å². The van der Waals surface area contributed by atoms with Gasteiger partial charge in [0.05, 0.1) is 4.92 Å². The smallest absolute Gasteiger partial charge is 0.270 e. The third-order valence-corrected chi connectivity index (χ3v) is 8.70. The van der Waals surface area contributed by atoms with Crippen molar-refractivity contribution in [2.45, 2.75) is 31.5 Å². The molecule has 224 valence electrons. The number of rotatable bonds is 8. The van der Waals surface area contributed by atoms with Gasteiger partial charge in [0.1, 0.15) is 5.75 Å². The standard InChI is InChI=1S/C39H34N2O4/c1-38(2)35-25-31(20-19-30-17-15-29(16-18-30)14-13-28-9-5-3-6-10-28)21-23-36(35)40(39(38,43)33-11-7-4-8-12-33)27-32-26-34(41(44)45)22-24-37(32)42/h3-26,42-43H,27H2,1-2H3/b14-13+,20-19+. The fraction of sp³-hybridized carbons (Fsp3) is 0.128. The van der Waals surface area contributed by atoms with E-state index in [1.807, 2.05) is 79.4 Å². The molecular weight excluding hydrogens is 560 g/mol. The highest BCUT2D eigenvalue weighted by Crippen LogP contribution is 2.56. The van der Waals surface area contributed by atoms with Crippen LogP contribution in [0, 0.1) is 10.1 Å². The molecule has 0 bridgehead atoms. The van der Waals surface area contributed by atoms with E-state index in [1.165, 1.54) is 18.2 Å². The summed E-state index contributed by atoms with van der Waals surface area (Å²) in [5.41, 5.74) is 4.68. The van der Waals surface area contributed by atoms with Gasteiger partial charge in [-0.05, 0) is 46.0 Å². The number of nitro groups is 1. The molecule has 1 aliphatic heterocycles. The van der Waals surface area contributed by atoms with E-state index in [2.05, 4.69) is 66.8 Å². The lowest BCUT2D eigenvalue weighted by molar-refractivity contribution is -0.384. The van der Waals surface area contributed by atoms with E-state index in [-0.39, 0.29) is 18.0 Å². The third kappa shape index (κ3) is 5.64. The maximum Gasteiger partial charge on any atom is 0.270 e. The molecule has 0 saturated heterocycles. The normalized spacial score (nSPS) is 17.2. The Balaban J connectivity index is 1.33. The lowest BCUT2D eigenvalue weighted by Crippen LogP contribution is -2.52. The number of non-ortho nitro benzene ring substituents is 1. The fourth-order valence-electron chi connectivity index (χ4n) is 6.13. The van der Waals surface area contributed by atoms with Crippen LogP contribution in [0.15, 0.2) is 121 Å². The van der Waals surface area contributed by atoms with Gasteiger partial charge in [-0.3, -0.25) is 10.1 Å². The van der Waals surface area contributed by atoms with Crippen LogP contribution in [0.2, 0.25) is 0 Å². The van der Waals surface area contributed by atoms with Crippen molar-refractivity contribution in [3.05, 3.63) is 170 Å². The molecule has 6 nitrogen and oxygen atoms in total. The minimum atomic E-state index is -1.50. The summed E-state index contributed by atoms with van der Waals surface area (Å²) in [4.78, 5) is 12.9. The number of phenolic OH excluding ortho intramolecular Hbond substituents is 1. The van der Waals surface area contributed by atoms with Crippen LogP contribution in [0.4, 0.5) is 11.4 Å². The van der Waals surface area contributed by atoms with Crippen molar-refractivity contribution in [3.63, 3.8) is 0 Å². The summed E-state index contributed by atoms with van der Waals surface area (Å²) in [6, 6.07) is 38.0. The zero-order valence-electron chi connectivity index (χ0n) is 25.2. The third-order valence-electron chi connectivity index (χ3n) is 8.70. The highest BCUT2D eigenvalue weighted by atomic mass is 16.6. The maximum atomic E-state index is 12.6. The van der Waals surface area contributed by atoms with Crippen molar-refractivity contribution in [3.8, 4) is 5.75 Å². The maximum absolute atomic E-state index is 12.6. The van der Waals surface area contributed by atoms with Crippen LogP contribution in [-0.2, 0) is 17.7 Å². The molecule has 5 aromatic rings. The molecule has 0 aliphatic carbocycles. The summed E-state index contributed by atoms with van der Waals surface area (Å²) in [5, 5.41) is 34.8. The van der Waals surface area contributed by atoms with Gasteiger partial charge in [-0.25, -0.2) is 0 Å². The summed E-state index contributed by atoms with van der Waals surface area (Å²) in [7, 11) is 0. The molecule has 5 aromatic carbocycles. The van der Waals surface area contributed by atoms with Crippen molar-refractivity contribution in [1.82, 2.24) is 0 Å². The first-order valence-electron chi connectivity index (χ1n) is 14.8. The number of aromatic hydroxyl groups is 1. The van der Waals surface area contributed by atoms with Crippen molar-refractivity contribution >= 4 is 35.7 Å². The number of hydrogen-bond donors (Lipinski definition) is 2. The second-order valence-corrected chi connectivity index (χ2v) is 11.8. The van der Waals surface area contributed by atoms with Crippen molar-refractivity contribution in [1.29, 1.82) is 0 Å². The number of nitrogens with zero attached hydrogens (tertiary/aromatic N) is 2. The Labute approximate surface area is 263 Å². The largest absolute Gasteiger partial charge is 0.508 e. The molecule has 1 aliphatic rings. The Morgan fingerprint density at radius 3 is 1.84 bits per heavy atom. The molecule has 0 amide bonds. The Morgan fingerprint density at radius 2 is 1.24 bits per heavy atom. The molecular formula is C39H34N2O4. The van der Waals surface area contributed by atoms with Crippen molar-refractivity contribution in [2.24, 2.45) is 0 Å². The summed E-state index contributed by atoms with van der Waals surface area (Å²) in [6.07, 6.45) is 8.31. The number of fused-ring (bicyclic) bond motifs is 1. The van der Waals surface area contributed by atoms with Gasteiger partial charge in [0.25, 0.3) is 5.69 Å². The zero-order chi connectivity index (χ0) is 31.6. The highest BCUT2D eigenvalue weighted by molar-refractivity contribution is 5.76. The molecule has 0 spiro atoms. The Kier molecular flexibility index (Phi) is 7.83. The van der Waals surface area contributed by atoms with E-state index < -0.39 is 16.1 Å². The first-order valence-corrected chi connectivity index (χ1v) is 14.8. The molecule has 1 atom stereocenters. The molecule has 0 aromatic heterocycles. The van der Waals surface area contributed by atoms with Gasteiger partial charge in [-0.1, -0.05) is 129 Å². The van der Waals surface area contributed by atoms with Gasteiger partial charge in [-0.15, -0.1) is 0 Å². The van der Waals surface area contributed by atoms with Crippen LogP contribution < -0.4 is 4.90 Å². The molecule has 6 heteroatoms. The Hall–Kier alpha value is -5.46. The van der Waals surface area contributed by atoms with Crippen LogP contribution in [0.3, 0.4) is 0 Å². The molecule has 2 N–H and O–H groups in total. The van der Waals surface area contributed by atoms with Crippen LogP contribution >= 0.6 is 0 Å². The predicted octanol–water partition coefficient (Wildman–Crippen LogP) is 8.78. The van der Waals surface area contributed by atoms with Crippen molar-refractivity contribution in [2.75, 3.05) is 4.90 Å². The van der Waals surface area contributed by atoms with Gasteiger partial charge < -0.3 is 15.1 Å². The SMILES string of the molecule is CC1(C)c2cc(/C=C/c3ccc(/C=C/c4ccccc4)cc3)ccc2N(Cc2cc([N+](=O)[O-])ccc2O)C1(O)c1ccccc1. The number of aliphatic hydroxyl groups is 1. The van der Waals surface area contributed by atoms with Crippen LogP contribution in [0.1, 0.15) is 52.8 Å². The van der Waals surface area contributed by atoms with Gasteiger partial charge in [0, 0.05) is 40.9 Å². The molecule has 1 unspecified atom stereocenters. The van der Waals surface area contributed by atoms with E-state index in [1.54, 1.807) is 0 Å². The van der Waals surface area contributed by atoms with Crippen LogP contribution in [-0.4, -0.2) is 15.1 Å². The van der Waals surface area contributed by atoms with Crippen LogP contribution in [0.5, 0.6) is 5.75 Å². The average Bonchev–Trinajstić information content (AvgIpc) is 3.23. The molecule has 45 heavy (non-hydrogen) atoms.